The zero-order valence-electron chi connectivity index (χ0n) is 32.6. The lowest BCUT2D eigenvalue weighted by Crippen LogP contribution is -2.54. The van der Waals surface area contributed by atoms with E-state index in [0.29, 0.717) is 22.6 Å². The highest BCUT2D eigenvalue weighted by Gasteiger charge is 2.44. The van der Waals surface area contributed by atoms with Gasteiger partial charge in [-0.2, -0.15) is 0 Å². The van der Waals surface area contributed by atoms with Crippen LogP contribution in [0, 0.1) is 0 Å². The van der Waals surface area contributed by atoms with Crippen LogP contribution in [0.3, 0.4) is 0 Å². The molecule has 292 valence electrons. The number of alkyl carbamates (subject to hydrolysis) is 1. The number of phenolic OH excluding ortho intramolecular Hbond substituents is 1. The number of esters is 1. The van der Waals surface area contributed by atoms with Gasteiger partial charge in [-0.15, -0.1) is 0 Å². The van der Waals surface area contributed by atoms with Crippen LogP contribution in [-0.4, -0.2) is 70.3 Å². The summed E-state index contributed by atoms with van der Waals surface area (Å²) in [6, 6.07) is 11.3. The van der Waals surface area contributed by atoms with Gasteiger partial charge in [0.2, 0.25) is 17.6 Å². The summed E-state index contributed by atoms with van der Waals surface area (Å²) in [5.74, 6) is -2.06. The molecule has 4 bridgehead atoms. The Bertz CT molecular complexity index is 1830. The van der Waals surface area contributed by atoms with Crippen molar-refractivity contribution in [2.75, 3.05) is 21.3 Å². The summed E-state index contributed by atoms with van der Waals surface area (Å²) in [6.45, 7) is 15.2. The molecule has 5 rings (SSSR count). The molecule has 0 saturated carbocycles. The third-order valence-corrected chi connectivity index (χ3v) is 13.7. The summed E-state index contributed by atoms with van der Waals surface area (Å²) in [5, 5.41) is 18.9. The second kappa shape index (κ2) is 16.4. The summed E-state index contributed by atoms with van der Waals surface area (Å²) in [4.78, 5) is 55.8. The third-order valence-electron chi connectivity index (χ3n) is 9.24. The maximum atomic E-state index is 14.5. The second-order valence-electron chi connectivity index (χ2n) is 15.3. The van der Waals surface area contributed by atoms with Crippen molar-refractivity contribution in [3.8, 4) is 28.7 Å². The van der Waals surface area contributed by atoms with Gasteiger partial charge in [0.1, 0.15) is 35.3 Å². The van der Waals surface area contributed by atoms with Crippen molar-refractivity contribution in [3.63, 3.8) is 0 Å². The average molecular weight is 766 g/mol. The van der Waals surface area contributed by atoms with E-state index in [4.69, 9.17) is 28.1 Å². The molecular weight excluding hydrogens is 715 g/mol. The van der Waals surface area contributed by atoms with Crippen molar-refractivity contribution in [2.45, 2.75) is 89.5 Å². The molecule has 0 aliphatic carbocycles. The Morgan fingerprint density at radius 3 is 1.96 bits per heavy atom. The summed E-state index contributed by atoms with van der Waals surface area (Å²) >= 11 is 0. The molecule has 15 heteroatoms. The normalized spacial score (nSPS) is 19.5. The fraction of sp³-hybridized carbons (Fsp3) is 0.436. The molecule has 2 aliphatic rings. The molecule has 0 fully saturated rings. The first-order valence-corrected chi connectivity index (χ1v) is 20.3. The Labute approximate surface area is 316 Å². The Hall–Kier alpha value is -5.28. The van der Waals surface area contributed by atoms with Gasteiger partial charge in [0, 0.05) is 0 Å². The smallest absolute Gasteiger partial charge is 0.408 e. The van der Waals surface area contributed by atoms with Crippen LogP contribution in [0.15, 0.2) is 60.7 Å². The van der Waals surface area contributed by atoms with Crippen molar-refractivity contribution in [2.24, 2.45) is 0 Å². The number of nitrogens with one attached hydrogen (secondary N) is 3. The van der Waals surface area contributed by atoms with Gasteiger partial charge in [-0.05, 0) is 92.0 Å². The predicted octanol–water partition coefficient (Wildman–Crippen LogP) is 6.36. The number of ether oxygens (including phenoxy) is 5. The molecule has 3 aromatic carbocycles. The average Bonchev–Trinajstić information content (AvgIpc) is 3.09. The van der Waals surface area contributed by atoms with Gasteiger partial charge >= 0.3 is 12.1 Å². The molecule has 14 nitrogen and oxygen atoms in total. The molecule has 3 amide bonds. The van der Waals surface area contributed by atoms with E-state index in [1.807, 2.05) is 33.9 Å². The Kier molecular flexibility index (Phi) is 12.6. The minimum atomic E-state index is -2.65. The molecule has 0 saturated heterocycles. The highest BCUT2D eigenvalue weighted by molar-refractivity contribution is 6.74. The minimum absolute atomic E-state index is 0.0158. The summed E-state index contributed by atoms with van der Waals surface area (Å²) in [6.07, 6.45) is -1.99. The zero-order chi connectivity index (χ0) is 40.2. The van der Waals surface area contributed by atoms with Gasteiger partial charge in [0.05, 0.1) is 21.3 Å². The molecule has 0 radical (unpaired) electrons. The molecule has 0 unspecified atom stereocenters. The predicted molar refractivity (Wildman–Crippen MR) is 202 cm³/mol. The van der Waals surface area contributed by atoms with Crippen LogP contribution in [0.4, 0.5) is 4.79 Å². The first-order chi connectivity index (χ1) is 25.2. The van der Waals surface area contributed by atoms with Crippen molar-refractivity contribution in [1.29, 1.82) is 0 Å². The van der Waals surface area contributed by atoms with Crippen LogP contribution in [0.1, 0.15) is 76.4 Å². The van der Waals surface area contributed by atoms with Gasteiger partial charge in [-0.1, -0.05) is 45.0 Å². The van der Waals surface area contributed by atoms with E-state index in [0.717, 1.165) is 0 Å². The van der Waals surface area contributed by atoms with Crippen LogP contribution >= 0.6 is 0 Å². The number of carbonyl (C=O) groups is 4. The number of rotatable bonds is 7. The highest BCUT2D eigenvalue weighted by atomic mass is 28.4. The van der Waals surface area contributed by atoms with E-state index >= 15 is 0 Å². The number of amides is 3. The summed E-state index contributed by atoms with van der Waals surface area (Å²) in [7, 11) is 1.39. The largest absolute Gasteiger partial charge is 0.504 e. The molecule has 0 spiro atoms. The molecule has 4 N–H and O–H groups in total. The van der Waals surface area contributed by atoms with Crippen LogP contribution in [0.5, 0.6) is 28.7 Å². The van der Waals surface area contributed by atoms with E-state index in [1.54, 1.807) is 69.3 Å². The lowest BCUT2D eigenvalue weighted by atomic mass is 9.99. The number of phenols is 1. The first kappa shape index (κ1) is 41.5. The third kappa shape index (κ3) is 9.82. The van der Waals surface area contributed by atoms with Crippen LogP contribution in [0.2, 0.25) is 18.1 Å². The number of fused-ring (bicyclic) bond motifs is 9. The number of carbonyl (C=O) groups excluding carboxylic acids is 4. The fourth-order valence-corrected chi connectivity index (χ4v) is 6.66. The maximum absolute atomic E-state index is 14.5. The standard InChI is InChI=1S/C39H51N3O11Si/c1-38(2,3)52-37(47)42-30-24-20-27(43)33(49-8)28(21-24)51-26-18-14-23(15-19-26)32(53-54(10,11)39(4,5)6)31(36(46)50-9)41-34(44)29(40-35(30)45)22-12-16-25(48-7)17-13-22/h12-21,29-32,43H,1-11H3,(H,40,45)(H,41,44)(H,42,47)/t29-,30+,31-,32+/m1/s1. The van der Waals surface area contributed by atoms with Crippen molar-refractivity contribution in [1.82, 2.24) is 16.0 Å². The minimum Gasteiger partial charge on any atom is -0.504 e. The van der Waals surface area contributed by atoms with Gasteiger partial charge < -0.3 is 49.2 Å². The number of hydrogen-bond acceptors (Lipinski definition) is 11. The monoisotopic (exact) mass is 765 g/mol. The Morgan fingerprint density at radius 2 is 1.43 bits per heavy atom. The van der Waals surface area contributed by atoms with Crippen molar-refractivity contribution >= 4 is 32.2 Å². The molecule has 54 heavy (non-hydrogen) atoms. The SMILES string of the molecule is COC(=O)[C@@H]1NC(=O)[C@@H](c2ccc(OC)cc2)NC(=O)[C@@H](NC(=O)OC(C)(C)C)c2cc(O)c(OC)c(c2)Oc2ccc(cc2)[C@@H]1O[Si](C)(C)C(C)(C)C. The Morgan fingerprint density at radius 1 is 0.815 bits per heavy atom. The molecular formula is C39H51N3O11Si. The lowest BCUT2D eigenvalue weighted by molar-refractivity contribution is -0.148. The van der Waals surface area contributed by atoms with Crippen LogP contribution < -0.4 is 30.2 Å². The van der Waals surface area contributed by atoms with E-state index < -0.39 is 62.0 Å². The number of methoxy groups -OCH3 is 3. The molecule has 2 aliphatic heterocycles. The quantitative estimate of drug-likeness (QED) is 0.155. The van der Waals surface area contributed by atoms with Crippen molar-refractivity contribution in [3.05, 3.63) is 77.4 Å². The van der Waals surface area contributed by atoms with Gasteiger partial charge in [-0.25, -0.2) is 9.59 Å². The van der Waals surface area contributed by atoms with Crippen LogP contribution in [0.25, 0.3) is 0 Å². The van der Waals surface area contributed by atoms with Crippen molar-refractivity contribution < 1.29 is 52.4 Å². The number of hydrogen-bond donors (Lipinski definition) is 4. The topological polar surface area (TPSA) is 180 Å². The number of aromatic hydroxyl groups is 1. The second-order valence-corrected chi connectivity index (χ2v) is 20.1. The maximum Gasteiger partial charge on any atom is 0.408 e. The fourth-order valence-electron chi connectivity index (χ4n) is 5.40. The highest BCUT2D eigenvalue weighted by Crippen LogP contribution is 2.43. The summed E-state index contributed by atoms with van der Waals surface area (Å²) in [5.41, 5.74) is -0.0151. The Balaban J connectivity index is 1.98. The van der Waals surface area contributed by atoms with E-state index in [9.17, 15) is 24.3 Å². The molecule has 3 aromatic rings. The van der Waals surface area contributed by atoms with Gasteiger partial charge in [-0.3, -0.25) is 9.59 Å². The van der Waals surface area contributed by atoms with E-state index in [2.05, 4.69) is 16.0 Å². The van der Waals surface area contributed by atoms with Crippen LogP contribution in [-0.2, 0) is 28.3 Å². The molecule has 0 aromatic heterocycles. The lowest BCUT2D eigenvalue weighted by Gasteiger charge is -2.41. The summed E-state index contributed by atoms with van der Waals surface area (Å²) < 4.78 is 34.5. The first-order valence-electron chi connectivity index (χ1n) is 17.4. The van der Waals surface area contributed by atoms with Gasteiger partial charge in [0.25, 0.3) is 0 Å². The van der Waals surface area contributed by atoms with E-state index in [-0.39, 0.29) is 27.9 Å². The zero-order valence-corrected chi connectivity index (χ0v) is 33.6. The molecule has 2 heterocycles. The number of benzene rings is 3. The van der Waals surface area contributed by atoms with Gasteiger partial charge in [0.15, 0.2) is 25.9 Å². The molecule has 4 atom stereocenters. The van der Waals surface area contributed by atoms with E-state index in [1.165, 1.54) is 33.5 Å².